The number of nitrogens with one attached hydrogen (secondary N) is 1. The highest BCUT2D eigenvalue weighted by molar-refractivity contribution is 8.32. The Morgan fingerprint density at radius 2 is 2.25 bits per heavy atom. The Bertz CT molecular complexity index is 303. The second-order valence-corrected chi connectivity index (χ2v) is 7.50. The van der Waals surface area contributed by atoms with Crippen molar-refractivity contribution < 1.29 is 0 Å². The number of hydrogen-bond acceptors (Lipinski definition) is 2. The molecule has 0 amide bonds. The van der Waals surface area contributed by atoms with E-state index in [1.54, 1.807) is 0 Å². The number of aromatic nitrogens is 2. The highest BCUT2D eigenvalue weighted by Crippen LogP contribution is 2.43. The molecule has 1 aromatic heterocycles. The van der Waals surface area contributed by atoms with Crippen LogP contribution in [0.3, 0.4) is 0 Å². The molecule has 0 unspecified atom stereocenters. The summed E-state index contributed by atoms with van der Waals surface area (Å²) in [5.41, 5.74) is 0.912. The molecule has 4 heteroatoms. The lowest BCUT2D eigenvalue weighted by Gasteiger charge is -2.21. The summed E-state index contributed by atoms with van der Waals surface area (Å²) in [6, 6.07) is 4.07. The van der Waals surface area contributed by atoms with Crippen molar-refractivity contribution in [3.63, 3.8) is 0 Å². The van der Waals surface area contributed by atoms with Gasteiger partial charge in [-0.25, -0.2) is 10.0 Å². The van der Waals surface area contributed by atoms with Gasteiger partial charge in [0.15, 0.2) is 0 Å². The van der Waals surface area contributed by atoms with Crippen LogP contribution in [-0.2, 0) is 6.42 Å². The molecular weight excluding hydrogens is 170 g/mol. The normalized spacial score (nSPS) is 12.5. The van der Waals surface area contributed by atoms with Gasteiger partial charge < -0.3 is 0 Å². The van der Waals surface area contributed by atoms with Gasteiger partial charge >= 0.3 is 0 Å². The summed E-state index contributed by atoms with van der Waals surface area (Å²) in [5.74, 6) is 0. The van der Waals surface area contributed by atoms with Gasteiger partial charge in [-0.05, 0) is 24.8 Å². The number of nitriles is 1. The Kier molecular flexibility index (Phi) is 2.43. The quantitative estimate of drug-likeness (QED) is 0.756. The topological polar surface area (TPSA) is 52.5 Å². The summed E-state index contributed by atoms with van der Waals surface area (Å²) >= 11 is 0. The third-order valence-electron chi connectivity index (χ3n) is 1.50. The zero-order valence-corrected chi connectivity index (χ0v) is 8.40. The fourth-order valence-electron chi connectivity index (χ4n) is 0.830. The van der Waals surface area contributed by atoms with Crippen LogP contribution in [0.1, 0.15) is 5.69 Å². The molecule has 0 spiro atoms. The minimum absolute atomic E-state index is 0.419. The van der Waals surface area contributed by atoms with Gasteiger partial charge in [-0.1, -0.05) is 0 Å². The molecule has 0 saturated heterocycles. The summed E-state index contributed by atoms with van der Waals surface area (Å²) in [5, 5.41) is 16.6. The van der Waals surface area contributed by atoms with Crippen molar-refractivity contribution in [2.45, 2.75) is 11.4 Å². The molecule has 0 aliphatic carbocycles. The molecule has 0 saturated carbocycles. The lowest BCUT2D eigenvalue weighted by molar-refractivity contribution is 0.963. The smallest absolute Gasteiger partial charge is 0.101 e. The monoisotopic (exact) mass is 183 g/mol. The largest absolute Gasteiger partial charge is 0.280 e. The lowest BCUT2D eigenvalue weighted by Crippen LogP contribution is -1.92. The molecule has 12 heavy (non-hydrogen) atoms. The summed E-state index contributed by atoms with van der Waals surface area (Å²) in [6.07, 6.45) is 6.96. The van der Waals surface area contributed by atoms with Crippen LogP contribution in [0, 0.1) is 11.3 Å². The van der Waals surface area contributed by atoms with Crippen molar-refractivity contribution in [1.29, 1.82) is 5.26 Å². The van der Waals surface area contributed by atoms with E-state index >= 15 is 0 Å². The van der Waals surface area contributed by atoms with Crippen LogP contribution in [-0.4, -0.2) is 29.0 Å². The number of H-pyrrole nitrogens is 1. The zero-order chi connectivity index (χ0) is 9.19. The summed E-state index contributed by atoms with van der Waals surface area (Å²) < 4.78 is 0. The van der Waals surface area contributed by atoms with Gasteiger partial charge in [-0.2, -0.15) is 10.4 Å². The van der Waals surface area contributed by atoms with E-state index in [1.807, 2.05) is 6.07 Å². The van der Waals surface area contributed by atoms with Gasteiger partial charge in [0.1, 0.15) is 5.03 Å². The predicted octanol–water partition coefficient (Wildman–Crippen LogP) is 1.53. The van der Waals surface area contributed by atoms with E-state index in [9.17, 15) is 0 Å². The number of hydrogen-bond donors (Lipinski definition) is 1. The van der Waals surface area contributed by atoms with Gasteiger partial charge in [0.25, 0.3) is 0 Å². The molecule has 0 aromatic carbocycles. The molecule has 1 N–H and O–H groups in total. The van der Waals surface area contributed by atoms with Crippen molar-refractivity contribution in [2.24, 2.45) is 0 Å². The van der Waals surface area contributed by atoms with Gasteiger partial charge in [-0.3, -0.25) is 5.10 Å². The highest BCUT2D eigenvalue weighted by atomic mass is 32.3. The number of rotatable bonds is 2. The van der Waals surface area contributed by atoms with E-state index in [0.717, 1.165) is 10.7 Å². The van der Waals surface area contributed by atoms with Gasteiger partial charge in [0.2, 0.25) is 0 Å². The predicted molar refractivity (Wildman–Crippen MR) is 51.5 cm³/mol. The third-order valence-corrected chi connectivity index (χ3v) is 2.97. The SMILES string of the molecule is CS(C)(C)c1cc(CC#N)[nH]n1. The zero-order valence-electron chi connectivity index (χ0n) is 7.59. The molecule has 0 fully saturated rings. The molecular formula is C8H13N3S. The van der Waals surface area contributed by atoms with Gasteiger partial charge in [0, 0.05) is 0 Å². The maximum absolute atomic E-state index is 8.44. The number of nitrogens with zero attached hydrogens (tertiary/aromatic N) is 2. The Hall–Kier alpha value is -0.950. The minimum Gasteiger partial charge on any atom is -0.280 e. The van der Waals surface area contributed by atoms with Crippen LogP contribution in [0.2, 0.25) is 0 Å². The summed E-state index contributed by atoms with van der Waals surface area (Å²) in [4.78, 5) is 0. The van der Waals surface area contributed by atoms with Crippen LogP contribution in [0.25, 0.3) is 0 Å². The molecule has 1 rings (SSSR count). The Morgan fingerprint density at radius 3 is 2.67 bits per heavy atom. The maximum Gasteiger partial charge on any atom is 0.101 e. The van der Waals surface area contributed by atoms with Crippen molar-refractivity contribution in [2.75, 3.05) is 18.8 Å². The van der Waals surface area contributed by atoms with Crippen molar-refractivity contribution in [3.05, 3.63) is 11.8 Å². The highest BCUT2D eigenvalue weighted by Gasteiger charge is 2.11. The average Bonchev–Trinajstić information content (AvgIpc) is 2.35. The van der Waals surface area contributed by atoms with Crippen molar-refractivity contribution in [1.82, 2.24) is 10.2 Å². The molecule has 0 bridgehead atoms. The van der Waals surface area contributed by atoms with Crippen molar-refractivity contribution >= 4 is 10.0 Å². The lowest BCUT2D eigenvalue weighted by atomic mass is 10.3. The molecule has 0 atom stereocenters. The molecule has 1 aromatic rings. The average molecular weight is 183 g/mol. The van der Waals surface area contributed by atoms with E-state index in [1.165, 1.54) is 0 Å². The van der Waals surface area contributed by atoms with Crippen LogP contribution in [0.4, 0.5) is 0 Å². The summed E-state index contributed by atoms with van der Waals surface area (Å²) in [7, 11) is -0.752. The van der Waals surface area contributed by atoms with Crippen LogP contribution < -0.4 is 0 Å². The standard InChI is InChI=1S/C8H13N3S/c1-12(2,3)8-6-7(4-5-9)10-11-8/h6H,4H2,1-3H3,(H,10,11). The van der Waals surface area contributed by atoms with Crippen LogP contribution in [0.15, 0.2) is 11.1 Å². The Balaban J connectivity index is 2.86. The molecule has 0 aliphatic heterocycles. The first-order chi connectivity index (χ1) is 5.54. The van der Waals surface area contributed by atoms with E-state index in [4.69, 9.17) is 5.26 Å². The van der Waals surface area contributed by atoms with E-state index < -0.39 is 10.0 Å². The summed E-state index contributed by atoms with van der Waals surface area (Å²) in [6.45, 7) is 0. The second kappa shape index (κ2) is 3.20. The maximum atomic E-state index is 8.44. The molecule has 1 heterocycles. The van der Waals surface area contributed by atoms with Crippen LogP contribution in [0.5, 0.6) is 0 Å². The molecule has 66 valence electrons. The molecule has 0 radical (unpaired) electrons. The molecule has 0 aliphatic rings. The Labute approximate surface area is 74.1 Å². The number of aromatic amines is 1. The van der Waals surface area contributed by atoms with E-state index in [0.29, 0.717) is 6.42 Å². The van der Waals surface area contributed by atoms with Crippen molar-refractivity contribution in [3.8, 4) is 6.07 Å². The van der Waals surface area contributed by atoms with Gasteiger partial charge in [-0.15, -0.1) is 0 Å². The first-order valence-corrected chi connectivity index (χ1v) is 6.49. The Morgan fingerprint density at radius 1 is 1.58 bits per heavy atom. The fraction of sp³-hybridized carbons (Fsp3) is 0.500. The van der Waals surface area contributed by atoms with E-state index in [-0.39, 0.29) is 0 Å². The van der Waals surface area contributed by atoms with Gasteiger partial charge in [0.05, 0.1) is 18.2 Å². The van der Waals surface area contributed by atoms with Crippen LogP contribution >= 0.6 is 10.0 Å². The first kappa shape index (κ1) is 9.14. The first-order valence-electron chi connectivity index (χ1n) is 3.63. The second-order valence-electron chi connectivity index (χ2n) is 3.40. The van der Waals surface area contributed by atoms with E-state index in [2.05, 4.69) is 35.0 Å². The fourth-order valence-corrected chi connectivity index (χ4v) is 1.65. The minimum atomic E-state index is -0.752. The molecule has 3 nitrogen and oxygen atoms in total. The third kappa shape index (κ3) is 2.02.